The first kappa shape index (κ1) is 23.5. The van der Waals surface area contributed by atoms with Gasteiger partial charge in [-0.3, -0.25) is 4.79 Å². The van der Waals surface area contributed by atoms with Crippen LogP contribution in [0.1, 0.15) is 18.1 Å². The van der Waals surface area contributed by atoms with Crippen LogP contribution in [-0.2, 0) is 17.4 Å². The fraction of sp³-hybridized carbons (Fsp3) is 0.182. The van der Waals surface area contributed by atoms with Crippen LogP contribution in [0.4, 0.5) is 34.8 Å². The number of alkyl halides is 3. The molecule has 3 aromatic rings. The van der Waals surface area contributed by atoms with Gasteiger partial charge in [0.1, 0.15) is 17.9 Å². The first-order chi connectivity index (χ1) is 15.0. The number of aliphatic hydroxyl groups is 1. The fourth-order valence-corrected chi connectivity index (χ4v) is 3.28. The molecule has 0 bridgehead atoms. The molecule has 0 saturated carbocycles. The largest absolute Gasteiger partial charge is 0.416 e. The average Bonchev–Trinajstić information content (AvgIpc) is 2.70. The van der Waals surface area contributed by atoms with Crippen molar-refractivity contribution in [2.24, 2.45) is 0 Å². The molecule has 1 atom stereocenters. The minimum atomic E-state index is -4.55. The van der Waals surface area contributed by atoms with E-state index in [1.165, 1.54) is 54.4 Å². The first-order valence-corrected chi connectivity index (χ1v) is 9.77. The molecule has 0 radical (unpaired) electrons. The molecule has 1 heterocycles. The average molecular weight is 468 g/mol. The summed E-state index contributed by atoms with van der Waals surface area (Å²) in [5, 5.41) is 13.0. The third-order valence-electron chi connectivity index (χ3n) is 4.47. The molecule has 2 N–H and O–H groups in total. The predicted molar refractivity (Wildman–Crippen MR) is 113 cm³/mol. The number of carbonyl (C=O) groups excluding carboxylic acids is 1. The van der Waals surface area contributed by atoms with Crippen LogP contribution in [0.3, 0.4) is 0 Å². The zero-order valence-corrected chi connectivity index (χ0v) is 17.5. The second-order valence-corrected chi connectivity index (χ2v) is 7.32. The van der Waals surface area contributed by atoms with Gasteiger partial charge < -0.3 is 15.3 Å². The molecule has 10 heteroatoms. The third kappa shape index (κ3) is 5.74. The number of nitrogens with zero attached hydrogens (tertiary/aromatic N) is 2. The van der Waals surface area contributed by atoms with Crippen molar-refractivity contribution >= 4 is 34.7 Å². The van der Waals surface area contributed by atoms with Crippen LogP contribution in [0, 0.1) is 5.82 Å². The van der Waals surface area contributed by atoms with Gasteiger partial charge in [-0.25, -0.2) is 9.37 Å². The highest BCUT2D eigenvalue weighted by Crippen LogP contribution is 2.34. The topological polar surface area (TPSA) is 65.5 Å². The van der Waals surface area contributed by atoms with E-state index >= 15 is 0 Å². The molecule has 1 aromatic heterocycles. The van der Waals surface area contributed by atoms with Crippen molar-refractivity contribution in [3.8, 4) is 0 Å². The van der Waals surface area contributed by atoms with Gasteiger partial charge in [-0.05, 0) is 48.9 Å². The Morgan fingerprint density at radius 1 is 1.19 bits per heavy atom. The molecule has 1 amide bonds. The molecular weight excluding hydrogens is 450 g/mol. The van der Waals surface area contributed by atoms with E-state index in [4.69, 9.17) is 11.6 Å². The molecule has 0 fully saturated rings. The maximum absolute atomic E-state index is 13.2. The van der Waals surface area contributed by atoms with E-state index in [9.17, 15) is 27.5 Å². The molecule has 5 nitrogen and oxygen atoms in total. The van der Waals surface area contributed by atoms with Gasteiger partial charge in [-0.15, -0.1) is 0 Å². The van der Waals surface area contributed by atoms with E-state index < -0.39 is 29.7 Å². The Morgan fingerprint density at radius 2 is 1.94 bits per heavy atom. The lowest BCUT2D eigenvalue weighted by Gasteiger charge is -2.27. The maximum atomic E-state index is 13.2. The number of pyridine rings is 1. The lowest BCUT2D eigenvalue weighted by Crippen LogP contribution is -2.29. The molecular formula is C22H18ClF4N3O2. The van der Waals surface area contributed by atoms with Crippen molar-refractivity contribution in [3.05, 3.63) is 82.8 Å². The van der Waals surface area contributed by atoms with Gasteiger partial charge in [0.2, 0.25) is 5.91 Å². The number of nitrogens with one attached hydrogen (secondary N) is 1. The number of benzene rings is 2. The summed E-state index contributed by atoms with van der Waals surface area (Å²) < 4.78 is 52.5. The zero-order chi connectivity index (χ0) is 23.5. The van der Waals surface area contributed by atoms with E-state index in [0.29, 0.717) is 11.3 Å². The van der Waals surface area contributed by atoms with E-state index in [0.717, 1.165) is 18.2 Å². The quantitative estimate of drug-likeness (QED) is 0.368. The van der Waals surface area contributed by atoms with Gasteiger partial charge in [0, 0.05) is 28.7 Å². The van der Waals surface area contributed by atoms with Crippen LogP contribution in [0.15, 0.2) is 60.8 Å². The minimum Gasteiger partial charge on any atom is -0.373 e. The van der Waals surface area contributed by atoms with Gasteiger partial charge in [0.05, 0.1) is 12.0 Å². The third-order valence-corrected chi connectivity index (χ3v) is 4.82. The Balaban J connectivity index is 1.83. The summed E-state index contributed by atoms with van der Waals surface area (Å²) >= 11 is 5.95. The van der Waals surface area contributed by atoms with Crippen LogP contribution in [0.5, 0.6) is 0 Å². The summed E-state index contributed by atoms with van der Waals surface area (Å²) in [6, 6.07) is 11.1. The lowest BCUT2D eigenvalue weighted by molar-refractivity contribution is -0.137. The molecule has 168 valence electrons. The fourth-order valence-electron chi connectivity index (χ4n) is 3.04. The van der Waals surface area contributed by atoms with E-state index in [1.807, 2.05) is 0 Å². The van der Waals surface area contributed by atoms with Crippen LogP contribution < -0.4 is 10.2 Å². The van der Waals surface area contributed by atoms with Crippen molar-refractivity contribution < 1.29 is 27.5 Å². The SMILES string of the molecule is CC(O)N(c1cccc(C(F)(F)F)c1)c1cc(NC(=O)Cc2ccc(F)cc2Cl)ccn1. The number of aromatic nitrogens is 1. The maximum Gasteiger partial charge on any atom is 0.416 e. The smallest absolute Gasteiger partial charge is 0.373 e. The number of hydrogen-bond acceptors (Lipinski definition) is 4. The number of rotatable bonds is 6. The molecule has 0 aliphatic heterocycles. The van der Waals surface area contributed by atoms with Gasteiger partial charge in [0.15, 0.2) is 0 Å². The summed E-state index contributed by atoms with van der Waals surface area (Å²) in [5.74, 6) is -0.846. The minimum absolute atomic E-state index is 0.0731. The van der Waals surface area contributed by atoms with E-state index in [2.05, 4.69) is 10.3 Å². The van der Waals surface area contributed by atoms with Crippen LogP contribution in [0.25, 0.3) is 0 Å². The molecule has 2 aromatic carbocycles. The number of carbonyl (C=O) groups is 1. The molecule has 0 saturated heterocycles. The van der Waals surface area contributed by atoms with E-state index in [1.54, 1.807) is 0 Å². The van der Waals surface area contributed by atoms with Gasteiger partial charge in [-0.1, -0.05) is 23.7 Å². The molecule has 0 spiro atoms. The Morgan fingerprint density at radius 3 is 2.59 bits per heavy atom. The Kier molecular flexibility index (Phi) is 7.00. The number of anilines is 3. The summed E-state index contributed by atoms with van der Waals surface area (Å²) in [7, 11) is 0. The standard InChI is InChI=1S/C22H18ClF4N3O2/c1-13(31)30(18-4-2-3-15(10-18)22(25,26)27)20-12-17(7-8-28-20)29-21(32)9-14-5-6-16(24)11-19(14)23/h2-8,10-13,31H,9H2,1H3,(H,28,29,32). The lowest BCUT2D eigenvalue weighted by atomic mass is 10.1. The highest BCUT2D eigenvalue weighted by molar-refractivity contribution is 6.31. The van der Waals surface area contributed by atoms with Gasteiger partial charge in [0.25, 0.3) is 0 Å². The highest BCUT2D eigenvalue weighted by atomic mass is 35.5. The van der Waals surface area contributed by atoms with Crippen LogP contribution in [-0.4, -0.2) is 22.2 Å². The zero-order valence-electron chi connectivity index (χ0n) is 16.7. The second-order valence-electron chi connectivity index (χ2n) is 6.91. The highest BCUT2D eigenvalue weighted by Gasteiger charge is 2.31. The van der Waals surface area contributed by atoms with Crippen LogP contribution >= 0.6 is 11.6 Å². The Hall–Kier alpha value is -3.17. The molecule has 1 unspecified atom stereocenters. The molecule has 3 rings (SSSR count). The van der Waals surface area contributed by atoms with Crippen molar-refractivity contribution in [1.29, 1.82) is 0 Å². The number of hydrogen-bond donors (Lipinski definition) is 2. The van der Waals surface area contributed by atoms with E-state index in [-0.39, 0.29) is 22.9 Å². The van der Waals surface area contributed by atoms with Crippen molar-refractivity contribution in [2.75, 3.05) is 10.2 Å². The molecule has 0 aliphatic rings. The van der Waals surface area contributed by atoms with Crippen molar-refractivity contribution in [2.45, 2.75) is 25.7 Å². The summed E-state index contributed by atoms with van der Waals surface area (Å²) in [5.41, 5.74) is -0.0736. The molecule has 0 aliphatic carbocycles. The molecule has 32 heavy (non-hydrogen) atoms. The first-order valence-electron chi connectivity index (χ1n) is 9.39. The summed E-state index contributed by atoms with van der Waals surface area (Å²) in [6.45, 7) is 1.38. The van der Waals surface area contributed by atoms with Gasteiger partial charge in [-0.2, -0.15) is 13.2 Å². The van der Waals surface area contributed by atoms with Crippen molar-refractivity contribution in [1.82, 2.24) is 4.98 Å². The van der Waals surface area contributed by atoms with Crippen LogP contribution in [0.2, 0.25) is 5.02 Å². The number of amides is 1. The predicted octanol–water partition coefficient (Wildman–Crippen LogP) is 5.55. The van der Waals surface area contributed by atoms with Gasteiger partial charge >= 0.3 is 6.18 Å². The second kappa shape index (κ2) is 9.54. The Bertz CT molecular complexity index is 1120. The normalized spacial score (nSPS) is 12.3. The number of aliphatic hydroxyl groups excluding tert-OH is 1. The summed E-state index contributed by atoms with van der Waals surface area (Å²) in [4.78, 5) is 17.7. The Labute approximate surface area is 186 Å². The monoisotopic (exact) mass is 467 g/mol. The number of halogens is 5. The van der Waals surface area contributed by atoms with Crippen molar-refractivity contribution in [3.63, 3.8) is 0 Å². The summed E-state index contributed by atoms with van der Waals surface area (Å²) in [6.07, 6.45) is -4.54.